The third-order valence-corrected chi connectivity index (χ3v) is 9.71. The van der Waals surface area contributed by atoms with Crippen LogP contribution >= 0.6 is 0 Å². The summed E-state index contributed by atoms with van der Waals surface area (Å²) in [7, 11) is 1.17. The molecule has 0 heterocycles. The van der Waals surface area contributed by atoms with Gasteiger partial charge in [-0.05, 0) is 70.8 Å². The Bertz CT molecular complexity index is 2330. The summed E-state index contributed by atoms with van der Waals surface area (Å²) in [6, 6.07) is 21.3. The van der Waals surface area contributed by atoms with Crippen LogP contribution in [0.15, 0.2) is 96.1 Å². The maximum absolute atomic E-state index is 14.4. The van der Waals surface area contributed by atoms with E-state index in [1.165, 1.54) is 31.4 Å². The van der Waals surface area contributed by atoms with Gasteiger partial charge in [0.05, 0.1) is 24.1 Å². The van der Waals surface area contributed by atoms with Crippen LogP contribution in [0.25, 0.3) is 21.2 Å². The fraction of sp³-hybridized carbons (Fsp3) is 0.326. The molecule has 0 unspecified atom stereocenters. The number of hydrogen-bond donors (Lipinski definition) is 4. The van der Waals surface area contributed by atoms with Gasteiger partial charge in [-0.1, -0.05) is 71.8 Å². The van der Waals surface area contributed by atoms with Crippen LogP contribution in [-0.2, 0) is 52.9 Å². The minimum absolute atomic E-state index is 0.0460. The molecule has 0 fully saturated rings. The number of ether oxygens (including phenoxy) is 3. The number of rotatable bonds is 24. The number of nitro groups is 1. The number of nitrogens with one attached hydrogen (secondary N) is 3. The molecule has 63 heavy (non-hydrogen) atoms. The van der Waals surface area contributed by atoms with Crippen molar-refractivity contribution >= 4 is 58.0 Å². The van der Waals surface area contributed by atoms with Crippen molar-refractivity contribution in [2.45, 2.75) is 63.6 Å². The van der Waals surface area contributed by atoms with E-state index in [9.17, 15) is 43.7 Å². The molecule has 0 aliphatic carbocycles. The van der Waals surface area contributed by atoms with Gasteiger partial charge in [0.2, 0.25) is 11.8 Å². The highest BCUT2D eigenvalue weighted by Gasteiger charge is 2.31. The second kappa shape index (κ2) is 24.4. The molecule has 0 aliphatic heterocycles. The quantitative estimate of drug-likeness (QED) is 0.0105. The molecule has 4 amide bonds. The second-order valence-corrected chi connectivity index (χ2v) is 14.2. The molecule has 4 rings (SSSR count). The largest absolute Gasteiger partial charge is 0.514 e. The SMILES string of the molecule is COC(=O)CC[C@H](NC(=O)CN=[N+]=[N-])C(=O)C[C@@H](Cc1cccc2ccccc12)C(=O)N[C@@H](CCCNC(N)=O)C(=O)Cc1ccc(COC(=O)Oc2ccc([N+](=O)[O-])cc2)cc1. The smallest absolute Gasteiger partial charge is 0.469 e. The van der Waals surface area contributed by atoms with E-state index in [1.807, 2.05) is 42.5 Å². The minimum Gasteiger partial charge on any atom is -0.469 e. The van der Waals surface area contributed by atoms with E-state index in [0.29, 0.717) is 11.1 Å². The zero-order chi connectivity index (χ0) is 45.7. The second-order valence-electron chi connectivity index (χ2n) is 14.2. The molecule has 5 N–H and O–H groups in total. The fourth-order valence-electron chi connectivity index (χ4n) is 6.49. The minimum atomic E-state index is -1.25. The maximum atomic E-state index is 14.4. The lowest BCUT2D eigenvalue weighted by molar-refractivity contribution is -0.384. The number of urea groups is 1. The van der Waals surface area contributed by atoms with E-state index >= 15 is 0 Å². The third kappa shape index (κ3) is 15.9. The van der Waals surface area contributed by atoms with Gasteiger partial charge < -0.3 is 35.9 Å². The van der Waals surface area contributed by atoms with Gasteiger partial charge >= 0.3 is 18.2 Å². The van der Waals surface area contributed by atoms with Crippen molar-refractivity contribution in [1.82, 2.24) is 16.0 Å². The van der Waals surface area contributed by atoms with Crippen LogP contribution in [0.5, 0.6) is 5.75 Å². The number of Topliss-reactive ketones (excluding diaryl/α,β-unsaturated/α-hetero) is 2. The monoisotopic (exact) mass is 866 g/mol. The molecule has 330 valence electrons. The number of azide groups is 1. The van der Waals surface area contributed by atoms with Crippen LogP contribution in [0.4, 0.5) is 15.3 Å². The molecule has 0 saturated carbocycles. The Labute approximate surface area is 360 Å². The molecule has 4 aromatic carbocycles. The average Bonchev–Trinajstić information content (AvgIpc) is 3.27. The zero-order valence-corrected chi connectivity index (χ0v) is 34.2. The van der Waals surface area contributed by atoms with Crippen molar-refractivity contribution in [3.05, 3.63) is 128 Å². The highest BCUT2D eigenvalue weighted by Crippen LogP contribution is 2.24. The van der Waals surface area contributed by atoms with Gasteiger partial charge in [0.25, 0.3) is 5.69 Å². The van der Waals surface area contributed by atoms with Gasteiger partial charge in [0, 0.05) is 48.8 Å². The molecular formula is C43H46N8O12. The normalized spacial score (nSPS) is 12.0. The molecular weight excluding hydrogens is 821 g/mol. The molecule has 20 nitrogen and oxygen atoms in total. The standard InChI is InChI=1S/C43H46N8O12/c1-61-40(55)20-19-36(48-39(54)25-47-50-45)38(53)24-31(23-30-8-4-7-29-6-2-3-9-34(29)30)41(56)49-35(10-5-21-46-42(44)57)37(52)22-27-11-13-28(14-12-27)26-62-43(58)63-33-17-15-32(16-18-33)51(59)60/h2-4,6-9,11-18,31,35-36H,5,10,19-26H2,1H3,(H,48,54)(H,49,56)(H3,44,46,57)/t31-,35+,36+/m1/s1. The lowest BCUT2D eigenvalue weighted by Crippen LogP contribution is -2.47. The summed E-state index contributed by atoms with van der Waals surface area (Å²) in [5, 5.41) is 23.6. The third-order valence-electron chi connectivity index (χ3n) is 9.71. The van der Waals surface area contributed by atoms with Crippen molar-refractivity contribution < 1.29 is 52.7 Å². The van der Waals surface area contributed by atoms with E-state index in [0.717, 1.165) is 16.3 Å². The first-order chi connectivity index (χ1) is 30.3. The number of non-ortho nitro benzene ring substituents is 1. The summed E-state index contributed by atoms with van der Waals surface area (Å²) in [5.74, 6) is -4.07. The highest BCUT2D eigenvalue weighted by molar-refractivity contribution is 5.96. The summed E-state index contributed by atoms with van der Waals surface area (Å²) >= 11 is 0. The Morgan fingerprint density at radius 2 is 1.54 bits per heavy atom. The van der Waals surface area contributed by atoms with Crippen molar-refractivity contribution in [3.63, 3.8) is 0 Å². The summed E-state index contributed by atoms with van der Waals surface area (Å²) in [6.07, 6.45) is -1.64. The molecule has 3 atom stereocenters. The van der Waals surface area contributed by atoms with E-state index in [1.54, 1.807) is 24.3 Å². The summed E-state index contributed by atoms with van der Waals surface area (Å²) < 4.78 is 14.9. The first-order valence-corrected chi connectivity index (χ1v) is 19.7. The number of nitrogens with zero attached hydrogens (tertiary/aromatic N) is 4. The Hall–Kier alpha value is -7.86. The number of nitrogens with two attached hydrogens (primary N) is 1. The first kappa shape index (κ1) is 47.8. The molecule has 0 bridgehead atoms. The maximum Gasteiger partial charge on any atom is 0.514 e. The Morgan fingerprint density at radius 1 is 0.857 bits per heavy atom. The average molecular weight is 867 g/mol. The van der Waals surface area contributed by atoms with Gasteiger partial charge in [0.1, 0.15) is 18.9 Å². The summed E-state index contributed by atoms with van der Waals surface area (Å²) in [6.45, 7) is -0.695. The van der Waals surface area contributed by atoms with Crippen LogP contribution in [0, 0.1) is 16.0 Å². The van der Waals surface area contributed by atoms with Gasteiger partial charge in [-0.15, -0.1) is 0 Å². The number of ketones is 2. The number of carbonyl (C=O) groups is 7. The zero-order valence-electron chi connectivity index (χ0n) is 34.2. The van der Waals surface area contributed by atoms with Gasteiger partial charge in [-0.25, -0.2) is 9.59 Å². The van der Waals surface area contributed by atoms with Crippen LogP contribution in [0.2, 0.25) is 0 Å². The summed E-state index contributed by atoms with van der Waals surface area (Å²) in [5.41, 5.74) is 15.6. The van der Waals surface area contributed by atoms with Gasteiger partial charge in [0.15, 0.2) is 11.6 Å². The van der Waals surface area contributed by atoms with E-state index in [2.05, 4.69) is 26.0 Å². The molecule has 0 saturated heterocycles. The predicted molar refractivity (Wildman–Crippen MR) is 226 cm³/mol. The molecule has 20 heteroatoms. The molecule has 0 spiro atoms. The van der Waals surface area contributed by atoms with Crippen molar-refractivity contribution in [2.24, 2.45) is 16.8 Å². The number of carbonyl (C=O) groups excluding carboxylic acids is 7. The van der Waals surface area contributed by atoms with Crippen LogP contribution < -0.4 is 26.4 Å². The summed E-state index contributed by atoms with van der Waals surface area (Å²) in [4.78, 5) is 103. The number of esters is 1. The number of nitro benzene ring substituents is 1. The van der Waals surface area contributed by atoms with E-state index in [4.69, 9.17) is 25.5 Å². The number of methoxy groups -OCH3 is 1. The van der Waals surface area contributed by atoms with Crippen LogP contribution in [0.1, 0.15) is 48.8 Å². The number of benzene rings is 4. The molecule has 0 radical (unpaired) electrons. The lowest BCUT2D eigenvalue weighted by Gasteiger charge is -2.24. The highest BCUT2D eigenvalue weighted by atomic mass is 16.7. The molecule has 0 aliphatic rings. The lowest BCUT2D eigenvalue weighted by atomic mass is 9.88. The van der Waals surface area contributed by atoms with Crippen molar-refractivity contribution in [1.29, 1.82) is 0 Å². The number of fused-ring (bicyclic) bond motifs is 1. The number of amides is 4. The van der Waals surface area contributed by atoms with Crippen LogP contribution in [-0.4, -0.2) is 78.7 Å². The number of primary amides is 1. The van der Waals surface area contributed by atoms with Gasteiger partial charge in [-0.2, -0.15) is 0 Å². The molecule has 4 aromatic rings. The Kier molecular flexibility index (Phi) is 18.5. The Balaban J connectivity index is 1.52. The van der Waals surface area contributed by atoms with Crippen molar-refractivity contribution in [2.75, 3.05) is 20.2 Å². The molecule has 0 aromatic heterocycles. The predicted octanol–water partition coefficient (Wildman–Crippen LogP) is 5.07. The van der Waals surface area contributed by atoms with E-state index < -0.39 is 77.4 Å². The van der Waals surface area contributed by atoms with Gasteiger partial charge in [-0.3, -0.25) is 34.1 Å². The van der Waals surface area contributed by atoms with E-state index in [-0.39, 0.29) is 63.1 Å². The first-order valence-electron chi connectivity index (χ1n) is 19.7. The topological polar surface area (TPSA) is 301 Å². The number of hydrogen-bond acceptors (Lipinski definition) is 13. The Morgan fingerprint density at radius 3 is 2.22 bits per heavy atom. The van der Waals surface area contributed by atoms with Crippen LogP contribution in [0.3, 0.4) is 0 Å². The van der Waals surface area contributed by atoms with Crippen molar-refractivity contribution in [3.8, 4) is 5.75 Å². The fourth-order valence-corrected chi connectivity index (χ4v) is 6.49.